The summed E-state index contributed by atoms with van der Waals surface area (Å²) >= 11 is 5.41. The molecule has 1 aromatic heterocycles. The second-order valence-electron chi connectivity index (χ2n) is 2.44. The van der Waals surface area contributed by atoms with Crippen LogP contribution in [0.15, 0.2) is 12.4 Å². The first kappa shape index (κ1) is 10.3. The molecule has 0 aliphatic heterocycles. The quantitative estimate of drug-likeness (QED) is 0.810. The Balaban J connectivity index is 2.60. The molecule has 0 fully saturated rings. The van der Waals surface area contributed by atoms with E-state index in [4.69, 9.17) is 16.7 Å². The third-order valence-electron chi connectivity index (χ3n) is 1.34. The zero-order valence-corrected chi connectivity index (χ0v) is 7.05. The summed E-state index contributed by atoms with van der Waals surface area (Å²) < 4.78 is 36.4. The highest BCUT2D eigenvalue weighted by molar-refractivity contribution is 6.30. The number of halogens is 4. The molecule has 7 heteroatoms. The van der Waals surface area contributed by atoms with Gasteiger partial charge < -0.3 is 5.11 Å². The Hall–Kier alpha value is -0.750. The fourth-order valence-electron chi connectivity index (χ4n) is 0.719. The molecule has 0 spiro atoms. The minimum atomic E-state index is -4.63. The monoisotopic (exact) mass is 214 g/mol. The maximum Gasteiger partial charge on any atom is 0.416 e. The predicted octanol–water partition coefficient (Wildman–Crippen LogP) is 1.46. The molecule has 0 aromatic carbocycles. The fourth-order valence-corrected chi connectivity index (χ4v) is 0.875. The molecule has 3 nitrogen and oxygen atoms in total. The van der Waals surface area contributed by atoms with E-state index in [1.807, 2.05) is 0 Å². The van der Waals surface area contributed by atoms with Gasteiger partial charge in [0.15, 0.2) is 6.10 Å². The van der Waals surface area contributed by atoms with Gasteiger partial charge in [-0.05, 0) is 0 Å². The highest BCUT2D eigenvalue weighted by Gasteiger charge is 2.38. The van der Waals surface area contributed by atoms with Crippen LogP contribution in [0.25, 0.3) is 0 Å². The molecule has 0 radical (unpaired) electrons. The second kappa shape index (κ2) is 3.55. The molecule has 1 rings (SSSR count). The van der Waals surface area contributed by atoms with Crippen molar-refractivity contribution in [3.05, 3.63) is 17.4 Å². The van der Waals surface area contributed by atoms with Gasteiger partial charge in [0, 0.05) is 6.20 Å². The Kier molecular flexibility index (Phi) is 2.82. The lowest BCUT2D eigenvalue weighted by molar-refractivity contribution is -0.208. The van der Waals surface area contributed by atoms with E-state index in [1.54, 1.807) is 0 Å². The normalized spacial score (nSPS) is 14.5. The molecule has 1 N–H and O–H groups in total. The molecule has 1 heterocycles. The van der Waals surface area contributed by atoms with Crippen LogP contribution in [0.1, 0.15) is 0 Å². The van der Waals surface area contributed by atoms with Crippen molar-refractivity contribution in [1.29, 1.82) is 0 Å². The standard InChI is InChI=1S/C6H6ClF3N2O/c7-4-1-11-12(2-4)3-5(13)6(8,9)10/h1-2,5,13H,3H2. The average molecular weight is 215 g/mol. The summed E-state index contributed by atoms with van der Waals surface area (Å²) in [4.78, 5) is 0. The van der Waals surface area contributed by atoms with Crippen LogP contribution < -0.4 is 0 Å². The van der Waals surface area contributed by atoms with E-state index in [2.05, 4.69) is 5.10 Å². The van der Waals surface area contributed by atoms with E-state index >= 15 is 0 Å². The minimum absolute atomic E-state index is 0.231. The Morgan fingerprint density at radius 2 is 2.23 bits per heavy atom. The first-order chi connectivity index (χ1) is 5.89. The molecule has 74 valence electrons. The van der Waals surface area contributed by atoms with E-state index in [1.165, 1.54) is 12.4 Å². The number of alkyl halides is 3. The van der Waals surface area contributed by atoms with Gasteiger partial charge in [-0.2, -0.15) is 18.3 Å². The zero-order chi connectivity index (χ0) is 10.1. The van der Waals surface area contributed by atoms with Gasteiger partial charge in [-0.15, -0.1) is 0 Å². The number of hydrogen-bond donors (Lipinski definition) is 1. The van der Waals surface area contributed by atoms with E-state index in [-0.39, 0.29) is 5.02 Å². The van der Waals surface area contributed by atoms with Crippen molar-refractivity contribution in [2.24, 2.45) is 0 Å². The van der Waals surface area contributed by atoms with Gasteiger partial charge in [0.05, 0.1) is 17.8 Å². The largest absolute Gasteiger partial charge is 0.416 e. The first-order valence-corrected chi connectivity index (χ1v) is 3.70. The van der Waals surface area contributed by atoms with Crippen molar-refractivity contribution in [3.8, 4) is 0 Å². The van der Waals surface area contributed by atoms with E-state index in [0.717, 1.165) is 4.68 Å². The number of nitrogens with zero attached hydrogens (tertiary/aromatic N) is 2. The van der Waals surface area contributed by atoms with Gasteiger partial charge in [-0.25, -0.2) is 0 Å². The summed E-state index contributed by atoms with van der Waals surface area (Å²) in [5, 5.41) is 12.3. The predicted molar refractivity (Wildman–Crippen MR) is 39.3 cm³/mol. The smallest absolute Gasteiger partial charge is 0.382 e. The minimum Gasteiger partial charge on any atom is -0.382 e. The van der Waals surface area contributed by atoms with Gasteiger partial charge >= 0.3 is 6.18 Å². The summed E-state index contributed by atoms with van der Waals surface area (Å²) in [5.74, 6) is 0. The van der Waals surface area contributed by atoms with Gasteiger partial charge in [0.25, 0.3) is 0 Å². The Morgan fingerprint density at radius 3 is 2.62 bits per heavy atom. The number of aliphatic hydroxyl groups excluding tert-OH is 1. The van der Waals surface area contributed by atoms with Crippen LogP contribution in [-0.4, -0.2) is 27.2 Å². The van der Waals surface area contributed by atoms with Crippen LogP contribution in [0.5, 0.6) is 0 Å². The summed E-state index contributed by atoms with van der Waals surface area (Å²) in [6.45, 7) is -0.643. The molecule has 1 atom stereocenters. The zero-order valence-electron chi connectivity index (χ0n) is 6.29. The van der Waals surface area contributed by atoms with Gasteiger partial charge in [-0.3, -0.25) is 4.68 Å². The van der Waals surface area contributed by atoms with Crippen molar-refractivity contribution in [2.45, 2.75) is 18.8 Å². The average Bonchev–Trinajstić information content (AvgIpc) is 2.33. The van der Waals surface area contributed by atoms with Crippen LogP contribution >= 0.6 is 11.6 Å². The fraction of sp³-hybridized carbons (Fsp3) is 0.500. The third-order valence-corrected chi connectivity index (χ3v) is 1.53. The van der Waals surface area contributed by atoms with E-state index in [0.29, 0.717) is 0 Å². The SMILES string of the molecule is OC(Cn1cc(Cl)cn1)C(F)(F)F. The van der Waals surface area contributed by atoms with Gasteiger partial charge in [0.1, 0.15) is 0 Å². The maximum atomic E-state index is 11.8. The van der Waals surface area contributed by atoms with E-state index in [9.17, 15) is 13.2 Å². The molecule has 13 heavy (non-hydrogen) atoms. The van der Waals surface area contributed by atoms with Crippen LogP contribution in [-0.2, 0) is 6.54 Å². The summed E-state index contributed by atoms with van der Waals surface area (Å²) in [6, 6.07) is 0. The molecule has 0 aliphatic carbocycles. The molecule has 0 amide bonds. The maximum absolute atomic E-state index is 11.8. The van der Waals surface area contributed by atoms with Crippen molar-refractivity contribution in [1.82, 2.24) is 9.78 Å². The Bertz CT molecular complexity index is 286. The number of aromatic nitrogens is 2. The summed E-state index contributed by atoms with van der Waals surface area (Å²) in [7, 11) is 0. The van der Waals surface area contributed by atoms with E-state index < -0.39 is 18.8 Å². The van der Waals surface area contributed by atoms with Crippen LogP contribution in [0, 0.1) is 0 Å². The number of aliphatic hydroxyl groups is 1. The van der Waals surface area contributed by atoms with Crippen molar-refractivity contribution >= 4 is 11.6 Å². The lowest BCUT2D eigenvalue weighted by atomic mass is 10.3. The van der Waals surface area contributed by atoms with Crippen LogP contribution in [0.2, 0.25) is 5.02 Å². The molecule has 0 aliphatic rings. The third kappa shape index (κ3) is 2.89. The second-order valence-corrected chi connectivity index (χ2v) is 2.87. The number of rotatable bonds is 2. The molecule has 0 saturated heterocycles. The molecule has 0 bridgehead atoms. The lowest BCUT2D eigenvalue weighted by Crippen LogP contribution is -2.32. The Morgan fingerprint density at radius 1 is 1.62 bits per heavy atom. The van der Waals surface area contributed by atoms with Crippen molar-refractivity contribution in [2.75, 3.05) is 0 Å². The lowest BCUT2D eigenvalue weighted by Gasteiger charge is -2.13. The van der Waals surface area contributed by atoms with Crippen LogP contribution in [0.4, 0.5) is 13.2 Å². The Labute approximate surface area is 76.7 Å². The van der Waals surface area contributed by atoms with Gasteiger partial charge in [-0.1, -0.05) is 11.6 Å². The number of hydrogen-bond acceptors (Lipinski definition) is 2. The summed E-state index contributed by atoms with van der Waals surface area (Å²) in [5.41, 5.74) is 0. The molecular weight excluding hydrogens is 209 g/mol. The molecule has 1 aromatic rings. The molecule has 0 saturated carbocycles. The molecular formula is C6H6ClF3N2O. The highest BCUT2D eigenvalue weighted by Crippen LogP contribution is 2.21. The van der Waals surface area contributed by atoms with Crippen LogP contribution in [0.3, 0.4) is 0 Å². The molecule has 1 unspecified atom stereocenters. The van der Waals surface area contributed by atoms with Crippen molar-refractivity contribution < 1.29 is 18.3 Å². The summed E-state index contributed by atoms with van der Waals surface area (Å²) in [6.07, 6.45) is -4.64. The first-order valence-electron chi connectivity index (χ1n) is 3.32. The van der Waals surface area contributed by atoms with Crippen molar-refractivity contribution in [3.63, 3.8) is 0 Å². The van der Waals surface area contributed by atoms with Gasteiger partial charge in [0.2, 0.25) is 0 Å². The highest BCUT2D eigenvalue weighted by atomic mass is 35.5. The topological polar surface area (TPSA) is 38.0 Å².